The van der Waals surface area contributed by atoms with Crippen LogP contribution in [0.2, 0.25) is 18.1 Å². The second kappa shape index (κ2) is 16.6. The van der Waals surface area contributed by atoms with Crippen molar-refractivity contribution in [3.05, 3.63) is 31.3 Å². The Morgan fingerprint density at radius 1 is 0.812 bits per heavy atom. The highest BCUT2D eigenvalue weighted by Gasteiger charge is 2.55. The maximum atomic E-state index is 12.4. The van der Waals surface area contributed by atoms with Crippen LogP contribution in [-0.2, 0) is 56.8 Å². The van der Waals surface area contributed by atoms with E-state index in [9.17, 15) is 39.4 Å². The van der Waals surface area contributed by atoms with Crippen LogP contribution in [0.3, 0.4) is 0 Å². The molecule has 0 N–H and O–H groups in total. The average Bonchev–Trinajstić information content (AvgIpc) is 2.92. The Balaban J connectivity index is 2.76. The Bertz CT molecular complexity index is 1460. The van der Waals surface area contributed by atoms with Crippen LogP contribution in [0.1, 0.15) is 48.0 Å². The molecule has 10 atom stereocenters. The Kier molecular flexibility index (Phi) is 14.0. The number of carbonyl (C=O) groups excluding carboxylic acids is 3. The van der Waals surface area contributed by atoms with Crippen LogP contribution in [-0.4, -0.2) is 109 Å². The lowest BCUT2D eigenvalue weighted by atomic mass is 9.84. The van der Waals surface area contributed by atoms with E-state index in [1.165, 1.54) is 0 Å². The number of hydrogen-bond acceptors (Lipinski definition) is 15. The minimum absolute atomic E-state index is 0.265. The quantitative estimate of drug-likeness (QED) is 0.0500. The van der Waals surface area contributed by atoms with Crippen LogP contribution in [0, 0.1) is 0 Å². The lowest BCUT2D eigenvalue weighted by molar-refractivity contribution is -0.292. The fourth-order valence-corrected chi connectivity index (χ4v) is 6.61. The third kappa shape index (κ3) is 10.9. The zero-order valence-corrected chi connectivity index (χ0v) is 29.8. The van der Waals surface area contributed by atoms with E-state index in [1.807, 2.05) is 33.9 Å². The van der Waals surface area contributed by atoms with Gasteiger partial charge in [0, 0.05) is 35.5 Å². The maximum Gasteiger partial charge on any atom is 0.303 e. The Labute approximate surface area is 278 Å². The monoisotopic (exact) mass is 719 g/mol. The van der Waals surface area contributed by atoms with E-state index < -0.39 is 97.4 Å². The van der Waals surface area contributed by atoms with Gasteiger partial charge in [0.15, 0.2) is 20.7 Å². The highest BCUT2D eigenvalue weighted by molar-refractivity contribution is 7.86. The smallest absolute Gasteiger partial charge is 0.303 e. The number of rotatable bonds is 13. The summed E-state index contributed by atoms with van der Waals surface area (Å²) in [4.78, 5) is 45.0. The third-order valence-electron chi connectivity index (χ3n) is 7.99. The van der Waals surface area contributed by atoms with Crippen LogP contribution in [0.5, 0.6) is 0 Å². The zero-order valence-electron chi connectivity index (χ0n) is 28.0. The molecule has 1 saturated heterocycles. The molecule has 0 amide bonds. The van der Waals surface area contributed by atoms with Gasteiger partial charge in [-0.25, -0.2) is 0 Å². The molecule has 0 spiro atoms. The first-order valence-corrected chi connectivity index (χ1v) is 19.4. The Morgan fingerprint density at radius 3 is 1.75 bits per heavy atom. The molecule has 0 bridgehead atoms. The van der Waals surface area contributed by atoms with Crippen LogP contribution < -0.4 is 0 Å². The number of azide groups is 3. The van der Waals surface area contributed by atoms with Crippen molar-refractivity contribution in [2.75, 3.05) is 12.9 Å². The van der Waals surface area contributed by atoms with Crippen LogP contribution in [0.4, 0.5) is 0 Å². The lowest BCUT2D eigenvalue weighted by Crippen LogP contribution is -2.65. The molecule has 1 saturated carbocycles. The van der Waals surface area contributed by atoms with Crippen molar-refractivity contribution in [3.8, 4) is 0 Å². The molecule has 0 aromatic rings. The highest BCUT2D eigenvalue weighted by atomic mass is 32.2. The van der Waals surface area contributed by atoms with E-state index in [2.05, 4.69) is 30.1 Å². The lowest BCUT2D eigenvalue weighted by Gasteiger charge is -2.48. The van der Waals surface area contributed by atoms with Crippen LogP contribution in [0.25, 0.3) is 31.3 Å². The Hall–Kier alpha value is -3.65. The summed E-state index contributed by atoms with van der Waals surface area (Å²) in [5.74, 6) is -2.63. The summed E-state index contributed by atoms with van der Waals surface area (Å²) in [6.45, 7) is 12.6. The third-order valence-corrected chi connectivity index (χ3v) is 13.1. The van der Waals surface area contributed by atoms with Gasteiger partial charge in [-0.1, -0.05) is 36.1 Å². The van der Waals surface area contributed by atoms with E-state index >= 15 is 0 Å². The molecule has 0 aromatic carbocycles. The van der Waals surface area contributed by atoms with Gasteiger partial charge in [-0.05, 0) is 41.1 Å². The molecule has 0 aromatic heterocycles. The second-order valence-corrected chi connectivity index (χ2v) is 19.1. The van der Waals surface area contributed by atoms with Gasteiger partial charge in [0.25, 0.3) is 10.1 Å². The van der Waals surface area contributed by atoms with Gasteiger partial charge in [-0.3, -0.25) is 18.6 Å². The maximum absolute atomic E-state index is 12.4. The fraction of sp³-hybridized carbons (Fsp3) is 0.880. The molecule has 2 rings (SSSR count). The molecule has 1 aliphatic carbocycles. The molecule has 2 fully saturated rings. The molecule has 0 radical (unpaired) electrons. The molecule has 1 aliphatic heterocycles. The normalized spacial score (nSPS) is 30.8. The molecule has 48 heavy (non-hydrogen) atoms. The van der Waals surface area contributed by atoms with Gasteiger partial charge in [0.2, 0.25) is 0 Å². The van der Waals surface area contributed by atoms with E-state index in [4.69, 9.17) is 32.3 Å². The first-order valence-electron chi connectivity index (χ1n) is 14.6. The highest BCUT2D eigenvalue weighted by Crippen LogP contribution is 2.39. The molecule has 5 unspecified atom stereocenters. The van der Waals surface area contributed by atoms with Crippen molar-refractivity contribution in [2.45, 2.75) is 127 Å². The first-order chi connectivity index (χ1) is 22.1. The van der Waals surface area contributed by atoms with Gasteiger partial charge in [-0.2, -0.15) is 8.42 Å². The van der Waals surface area contributed by atoms with E-state index in [-0.39, 0.29) is 18.1 Å². The predicted octanol–water partition coefficient (Wildman–Crippen LogP) is 3.70. The van der Waals surface area contributed by atoms with Crippen molar-refractivity contribution in [1.29, 1.82) is 0 Å². The van der Waals surface area contributed by atoms with Gasteiger partial charge >= 0.3 is 17.9 Å². The summed E-state index contributed by atoms with van der Waals surface area (Å²) >= 11 is 0. The van der Waals surface area contributed by atoms with Crippen molar-refractivity contribution in [2.24, 2.45) is 15.3 Å². The SMILES string of the molecule is CC(=O)OC1C(N=[N+]=[N-])[C@@H](O[C@@H]2C(N=[N+]=[N-])C[C@@H](N=[N+]=[N-])[C@@H](OC(C)=O)C2OC(C)=O)OC(CO[Si](C)(C)C(C)(C)C)[C@H]1OS(C)(=O)=O. The number of nitrogens with zero attached hydrogens (tertiary/aromatic N) is 9. The summed E-state index contributed by atoms with van der Waals surface area (Å²) in [5, 5.41) is 10.7. The van der Waals surface area contributed by atoms with E-state index in [1.54, 1.807) is 0 Å². The number of esters is 3. The molecule has 21 nitrogen and oxygen atoms in total. The second-order valence-electron chi connectivity index (χ2n) is 12.7. The van der Waals surface area contributed by atoms with Crippen LogP contribution >= 0.6 is 0 Å². The predicted molar refractivity (Wildman–Crippen MR) is 166 cm³/mol. The molecule has 268 valence electrons. The van der Waals surface area contributed by atoms with Gasteiger partial charge in [0.1, 0.15) is 36.6 Å². The number of hydrogen-bond donors (Lipinski definition) is 0. The number of ether oxygens (including phenoxy) is 5. The zero-order chi connectivity index (χ0) is 36.6. The summed E-state index contributed by atoms with van der Waals surface area (Å²) in [5.41, 5.74) is 28.1. The van der Waals surface area contributed by atoms with Gasteiger partial charge in [0.05, 0.1) is 24.9 Å². The molecule has 1 heterocycles. The standard InChI is InChI=1S/C25H41N9O12SSi/c1-12(35)41-19-15(29-32-26)10-16(30-33-27)20(23(19)43-14(3)37)45-24-18(31-34-28)22(42-13(2)36)21(46-47(7,38)39)17(44-24)11-40-48(8,9)25(4,5)6/h15-24H,10-11H2,1-9H3/t15-,16?,17?,18?,19-,20-,21-,22?,23?,24-/m1/s1. The minimum Gasteiger partial charge on any atom is -0.459 e. The largest absolute Gasteiger partial charge is 0.459 e. The topological polar surface area (TPSA) is 296 Å². The Morgan fingerprint density at radius 2 is 1.29 bits per heavy atom. The van der Waals surface area contributed by atoms with Crippen molar-refractivity contribution in [1.82, 2.24) is 0 Å². The van der Waals surface area contributed by atoms with Crippen molar-refractivity contribution >= 4 is 36.3 Å². The molecular weight excluding hydrogens is 678 g/mol. The van der Waals surface area contributed by atoms with E-state index in [0.29, 0.717) is 0 Å². The minimum atomic E-state index is -4.25. The molecular formula is C25H41N9O12SSi. The molecule has 2 aliphatic rings. The van der Waals surface area contributed by atoms with Gasteiger partial charge in [-0.15, -0.1) is 0 Å². The van der Waals surface area contributed by atoms with Crippen molar-refractivity contribution < 1.29 is 55.1 Å². The summed E-state index contributed by atoms with van der Waals surface area (Å²) in [7, 11) is -6.79. The number of carbonyl (C=O) groups is 3. The molecule has 23 heteroatoms. The van der Waals surface area contributed by atoms with E-state index in [0.717, 1.165) is 27.0 Å². The first kappa shape index (κ1) is 40.5. The summed E-state index contributed by atoms with van der Waals surface area (Å²) in [6, 6.07) is -4.11. The van der Waals surface area contributed by atoms with Crippen LogP contribution in [0.15, 0.2) is 15.3 Å². The van der Waals surface area contributed by atoms with Crippen molar-refractivity contribution in [3.63, 3.8) is 0 Å². The summed E-state index contributed by atoms with van der Waals surface area (Å²) < 4.78 is 65.2. The van der Waals surface area contributed by atoms with Gasteiger partial charge < -0.3 is 28.1 Å². The fourth-order valence-electron chi connectivity index (χ4n) is 4.96. The summed E-state index contributed by atoms with van der Waals surface area (Å²) in [6.07, 6.45) is -10.4. The average molecular weight is 720 g/mol.